The van der Waals surface area contributed by atoms with Crippen LogP contribution in [0.1, 0.15) is 23.8 Å². The summed E-state index contributed by atoms with van der Waals surface area (Å²) in [6.45, 7) is 1.02. The smallest absolute Gasteiger partial charge is 0.358 e. The molecule has 0 radical (unpaired) electrons. The molecule has 1 rings (SSSR count). The fraction of sp³-hybridized carbons (Fsp3) is 0.600. The number of carboxylic acids is 1. The molecule has 1 N–H and O–H groups in total. The van der Waals surface area contributed by atoms with Gasteiger partial charge in [0.1, 0.15) is 6.54 Å². The summed E-state index contributed by atoms with van der Waals surface area (Å²) in [5.74, 6) is -1.82. The fourth-order valence-corrected chi connectivity index (χ4v) is 1.47. The Labute approximate surface area is 107 Å². The third-order valence-electron chi connectivity index (χ3n) is 2.26. The Kier molecular flexibility index (Phi) is 5.34. The van der Waals surface area contributed by atoms with Crippen molar-refractivity contribution >= 4 is 11.9 Å². The number of alkyl halides is 2. The van der Waals surface area contributed by atoms with Crippen LogP contribution in [0, 0.1) is 0 Å². The lowest BCUT2D eigenvalue weighted by Crippen LogP contribution is -2.38. The summed E-state index contributed by atoms with van der Waals surface area (Å²) in [7, 11) is 0. The van der Waals surface area contributed by atoms with Crippen molar-refractivity contribution in [3.05, 3.63) is 11.9 Å². The zero-order valence-corrected chi connectivity index (χ0v) is 10.3. The number of halogens is 2. The number of rotatable bonds is 7. The molecule has 7 nitrogen and oxygen atoms in total. The molecule has 0 spiro atoms. The van der Waals surface area contributed by atoms with Crippen molar-refractivity contribution < 1.29 is 23.5 Å². The van der Waals surface area contributed by atoms with Crippen molar-refractivity contribution in [2.75, 3.05) is 13.1 Å². The van der Waals surface area contributed by atoms with Crippen LogP contribution in [0.4, 0.5) is 8.78 Å². The number of hydrogen-bond acceptors (Lipinski definition) is 4. The molecule has 0 aliphatic rings. The Morgan fingerprint density at radius 1 is 1.53 bits per heavy atom. The summed E-state index contributed by atoms with van der Waals surface area (Å²) < 4.78 is 25.6. The summed E-state index contributed by atoms with van der Waals surface area (Å²) in [6.07, 6.45) is -0.982. The molecule has 0 aromatic carbocycles. The zero-order valence-electron chi connectivity index (χ0n) is 10.3. The number of aromatic carboxylic acids is 1. The van der Waals surface area contributed by atoms with Crippen molar-refractivity contribution in [1.82, 2.24) is 19.9 Å². The molecule has 0 fully saturated rings. The van der Waals surface area contributed by atoms with Crippen LogP contribution in [0.25, 0.3) is 0 Å². The van der Waals surface area contributed by atoms with Crippen LogP contribution in [0.2, 0.25) is 0 Å². The number of amides is 1. The molecule has 0 aliphatic carbocycles. The third-order valence-corrected chi connectivity index (χ3v) is 2.26. The summed E-state index contributed by atoms with van der Waals surface area (Å²) >= 11 is 0. The van der Waals surface area contributed by atoms with E-state index in [1.807, 2.05) is 0 Å². The van der Waals surface area contributed by atoms with Gasteiger partial charge >= 0.3 is 5.97 Å². The number of carboxylic acid groups (broad SMARTS) is 1. The van der Waals surface area contributed by atoms with Crippen molar-refractivity contribution in [1.29, 1.82) is 0 Å². The Morgan fingerprint density at radius 3 is 2.68 bits per heavy atom. The Bertz CT molecular complexity index is 450. The average molecular weight is 276 g/mol. The second-order valence-electron chi connectivity index (χ2n) is 3.84. The molecule has 106 valence electrons. The topological polar surface area (TPSA) is 88.3 Å². The van der Waals surface area contributed by atoms with Gasteiger partial charge in [0.15, 0.2) is 5.69 Å². The molecule has 0 aliphatic heterocycles. The fourth-order valence-electron chi connectivity index (χ4n) is 1.47. The van der Waals surface area contributed by atoms with E-state index in [1.165, 1.54) is 0 Å². The third kappa shape index (κ3) is 4.60. The first-order valence-corrected chi connectivity index (χ1v) is 5.63. The molecular formula is C10H14F2N4O3. The van der Waals surface area contributed by atoms with Crippen LogP contribution < -0.4 is 0 Å². The maximum atomic E-state index is 12.3. The second-order valence-corrected chi connectivity index (χ2v) is 3.84. The molecule has 1 aromatic heterocycles. The van der Waals surface area contributed by atoms with Crippen molar-refractivity contribution in [2.45, 2.75) is 26.3 Å². The van der Waals surface area contributed by atoms with E-state index < -0.39 is 24.8 Å². The molecule has 0 bridgehead atoms. The van der Waals surface area contributed by atoms with Gasteiger partial charge in [-0.15, -0.1) is 5.10 Å². The van der Waals surface area contributed by atoms with Crippen molar-refractivity contribution in [3.63, 3.8) is 0 Å². The Morgan fingerprint density at radius 2 is 2.21 bits per heavy atom. The molecule has 19 heavy (non-hydrogen) atoms. The monoisotopic (exact) mass is 276 g/mol. The van der Waals surface area contributed by atoms with Gasteiger partial charge in [0.2, 0.25) is 5.91 Å². The highest BCUT2D eigenvalue weighted by atomic mass is 19.3. The average Bonchev–Trinajstić information content (AvgIpc) is 2.76. The molecule has 1 aromatic rings. The standard InChI is InChI=1S/C10H14F2N4O3/c1-2-3-15(5-8(11)12)9(17)6-16-4-7(10(18)19)13-14-16/h4,8H,2-3,5-6H2,1H3,(H,18,19). The Balaban J connectivity index is 2.66. The molecule has 1 amide bonds. The minimum Gasteiger partial charge on any atom is -0.476 e. The predicted molar refractivity (Wildman–Crippen MR) is 59.9 cm³/mol. The first-order chi connectivity index (χ1) is 8.93. The van der Waals surface area contributed by atoms with E-state index in [9.17, 15) is 18.4 Å². The highest BCUT2D eigenvalue weighted by Gasteiger charge is 2.19. The lowest BCUT2D eigenvalue weighted by molar-refractivity contribution is -0.134. The van der Waals surface area contributed by atoms with E-state index in [2.05, 4.69) is 10.3 Å². The van der Waals surface area contributed by atoms with E-state index in [-0.39, 0.29) is 18.8 Å². The predicted octanol–water partition coefficient (Wildman–Crippen LogP) is 0.480. The summed E-state index contributed by atoms with van der Waals surface area (Å²) in [5, 5.41) is 15.4. The lowest BCUT2D eigenvalue weighted by Gasteiger charge is -2.21. The van der Waals surface area contributed by atoms with Crippen molar-refractivity contribution in [2.24, 2.45) is 0 Å². The van der Waals surface area contributed by atoms with Gasteiger partial charge in [-0.05, 0) is 6.42 Å². The van der Waals surface area contributed by atoms with Crippen LogP contribution in [-0.2, 0) is 11.3 Å². The molecule has 9 heteroatoms. The van der Waals surface area contributed by atoms with E-state index in [1.54, 1.807) is 6.92 Å². The summed E-state index contributed by atoms with van der Waals surface area (Å²) in [4.78, 5) is 23.4. The minimum absolute atomic E-state index is 0.212. The molecule has 0 atom stereocenters. The van der Waals surface area contributed by atoms with Gasteiger partial charge in [0.05, 0.1) is 12.7 Å². The summed E-state index contributed by atoms with van der Waals surface area (Å²) in [6, 6.07) is 0. The number of nitrogens with zero attached hydrogens (tertiary/aromatic N) is 4. The van der Waals surface area contributed by atoms with Crippen molar-refractivity contribution in [3.8, 4) is 0 Å². The summed E-state index contributed by atoms with van der Waals surface area (Å²) in [5.41, 5.74) is -0.302. The van der Waals surface area contributed by atoms with Gasteiger partial charge in [-0.25, -0.2) is 18.3 Å². The van der Waals surface area contributed by atoms with Gasteiger partial charge in [-0.3, -0.25) is 4.79 Å². The molecule has 1 heterocycles. The largest absolute Gasteiger partial charge is 0.476 e. The molecule has 0 saturated carbocycles. The highest BCUT2D eigenvalue weighted by molar-refractivity contribution is 5.84. The van der Waals surface area contributed by atoms with Gasteiger partial charge in [0, 0.05) is 6.54 Å². The van der Waals surface area contributed by atoms with Crippen LogP contribution in [0.3, 0.4) is 0 Å². The SMILES string of the molecule is CCCN(CC(F)F)C(=O)Cn1cc(C(=O)O)nn1. The number of carbonyl (C=O) groups excluding carboxylic acids is 1. The first kappa shape index (κ1) is 15.0. The van der Waals surface area contributed by atoms with Gasteiger partial charge in [-0.2, -0.15) is 0 Å². The normalized spacial score (nSPS) is 10.7. The quantitative estimate of drug-likeness (QED) is 0.782. The maximum absolute atomic E-state index is 12.3. The number of aromatic nitrogens is 3. The first-order valence-electron chi connectivity index (χ1n) is 5.63. The zero-order chi connectivity index (χ0) is 14.4. The number of carbonyl (C=O) groups is 2. The van der Waals surface area contributed by atoms with Gasteiger partial charge in [-0.1, -0.05) is 12.1 Å². The second kappa shape index (κ2) is 6.76. The lowest BCUT2D eigenvalue weighted by atomic mass is 10.3. The van der Waals surface area contributed by atoms with E-state index in [4.69, 9.17) is 5.11 Å². The van der Waals surface area contributed by atoms with E-state index in [0.29, 0.717) is 6.42 Å². The van der Waals surface area contributed by atoms with E-state index in [0.717, 1.165) is 15.8 Å². The highest BCUT2D eigenvalue weighted by Crippen LogP contribution is 2.02. The van der Waals surface area contributed by atoms with Gasteiger partial charge in [0.25, 0.3) is 6.43 Å². The molecular weight excluding hydrogens is 262 g/mol. The van der Waals surface area contributed by atoms with Crippen LogP contribution in [0.5, 0.6) is 0 Å². The number of hydrogen-bond donors (Lipinski definition) is 1. The van der Waals surface area contributed by atoms with Crippen LogP contribution >= 0.6 is 0 Å². The minimum atomic E-state index is -2.61. The maximum Gasteiger partial charge on any atom is 0.358 e. The molecule has 0 saturated heterocycles. The van der Waals surface area contributed by atoms with E-state index >= 15 is 0 Å². The van der Waals surface area contributed by atoms with Crippen LogP contribution in [-0.4, -0.2) is 56.4 Å². The van der Waals surface area contributed by atoms with Crippen LogP contribution in [0.15, 0.2) is 6.20 Å². The Hall–Kier alpha value is -2.06. The van der Waals surface area contributed by atoms with Gasteiger partial charge < -0.3 is 10.0 Å². The molecule has 0 unspecified atom stereocenters.